The van der Waals surface area contributed by atoms with Crippen LogP contribution in [0.25, 0.3) is 0 Å². The van der Waals surface area contributed by atoms with Crippen LogP contribution in [0.3, 0.4) is 0 Å². The molecule has 0 saturated carbocycles. The third kappa shape index (κ3) is 2.26. The SMILES string of the molecule is COC(=O)c1c(N2CC(C)C(C)C2)sc(C#N)c1N. The second kappa shape index (κ2) is 5.10. The van der Waals surface area contributed by atoms with Crippen LogP contribution in [0.4, 0.5) is 10.7 Å². The number of ether oxygens (including phenoxy) is 1. The maximum atomic E-state index is 11.9. The highest BCUT2D eigenvalue weighted by Crippen LogP contribution is 2.41. The van der Waals surface area contributed by atoms with Crippen molar-refractivity contribution in [3.05, 3.63) is 10.4 Å². The fourth-order valence-electron chi connectivity index (χ4n) is 2.33. The lowest BCUT2D eigenvalue weighted by Gasteiger charge is -2.17. The van der Waals surface area contributed by atoms with Gasteiger partial charge in [-0.3, -0.25) is 0 Å². The zero-order valence-electron chi connectivity index (χ0n) is 11.3. The first-order valence-corrected chi connectivity index (χ1v) is 6.96. The normalized spacial score (nSPS) is 22.3. The molecule has 2 atom stereocenters. The Bertz CT molecular complexity index is 537. The van der Waals surface area contributed by atoms with Crippen molar-refractivity contribution in [1.29, 1.82) is 5.26 Å². The predicted molar refractivity (Wildman–Crippen MR) is 75.3 cm³/mol. The number of hydrogen-bond acceptors (Lipinski definition) is 6. The Morgan fingerprint density at radius 3 is 2.53 bits per heavy atom. The summed E-state index contributed by atoms with van der Waals surface area (Å²) in [4.78, 5) is 14.4. The van der Waals surface area contributed by atoms with Gasteiger partial charge in [0.1, 0.15) is 21.5 Å². The van der Waals surface area contributed by atoms with Gasteiger partial charge in [0.15, 0.2) is 0 Å². The number of methoxy groups -OCH3 is 1. The van der Waals surface area contributed by atoms with E-state index in [1.54, 1.807) is 0 Å². The molecule has 0 spiro atoms. The molecule has 0 bridgehead atoms. The number of nitrogens with two attached hydrogens (primary N) is 1. The first-order valence-electron chi connectivity index (χ1n) is 6.15. The highest BCUT2D eigenvalue weighted by molar-refractivity contribution is 7.17. The smallest absolute Gasteiger partial charge is 0.343 e. The van der Waals surface area contributed by atoms with Crippen molar-refractivity contribution >= 4 is 28.0 Å². The van der Waals surface area contributed by atoms with Gasteiger partial charge >= 0.3 is 5.97 Å². The Balaban J connectivity index is 2.46. The summed E-state index contributed by atoms with van der Waals surface area (Å²) in [6.07, 6.45) is 0. The molecule has 1 aliphatic rings. The fourth-order valence-corrected chi connectivity index (χ4v) is 3.36. The fraction of sp³-hybridized carbons (Fsp3) is 0.538. The molecule has 0 radical (unpaired) electrons. The summed E-state index contributed by atoms with van der Waals surface area (Å²) in [5, 5.41) is 9.83. The van der Waals surface area contributed by atoms with E-state index < -0.39 is 5.97 Å². The summed E-state index contributed by atoms with van der Waals surface area (Å²) < 4.78 is 4.78. The van der Waals surface area contributed by atoms with Gasteiger partial charge in [-0.2, -0.15) is 5.26 Å². The number of rotatable bonds is 2. The molecule has 102 valence electrons. The average Bonchev–Trinajstić information content (AvgIpc) is 2.89. The summed E-state index contributed by atoms with van der Waals surface area (Å²) in [6.45, 7) is 6.11. The minimum absolute atomic E-state index is 0.238. The number of anilines is 2. The molecule has 1 fully saturated rings. The lowest BCUT2D eigenvalue weighted by atomic mass is 10.0. The summed E-state index contributed by atoms with van der Waals surface area (Å²) in [6, 6.07) is 2.04. The number of thiophene rings is 1. The zero-order valence-corrected chi connectivity index (χ0v) is 12.1. The summed E-state index contributed by atoms with van der Waals surface area (Å²) >= 11 is 1.27. The maximum Gasteiger partial charge on any atom is 0.343 e. The van der Waals surface area contributed by atoms with Crippen LogP contribution in [0.2, 0.25) is 0 Å². The van der Waals surface area contributed by atoms with Gasteiger partial charge in [0.2, 0.25) is 0 Å². The molecule has 1 aromatic rings. The van der Waals surface area contributed by atoms with E-state index in [1.165, 1.54) is 18.4 Å². The molecule has 0 aromatic carbocycles. The van der Waals surface area contributed by atoms with Crippen molar-refractivity contribution in [3.63, 3.8) is 0 Å². The topological polar surface area (TPSA) is 79.3 Å². The zero-order chi connectivity index (χ0) is 14.2. The minimum Gasteiger partial charge on any atom is -0.465 e. The third-order valence-corrected chi connectivity index (χ3v) is 4.86. The molecule has 1 saturated heterocycles. The number of hydrogen-bond donors (Lipinski definition) is 1. The van der Waals surface area contributed by atoms with E-state index in [1.807, 2.05) is 6.07 Å². The van der Waals surface area contributed by atoms with Gasteiger partial charge in [-0.15, -0.1) is 11.3 Å². The lowest BCUT2D eigenvalue weighted by Crippen LogP contribution is -2.21. The van der Waals surface area contributed by atoms with Crippen molar-refractivity contribution in [3.8, 4) is 6.07 Å². The first kappa shape index (κ1) is 13.7. The first-order chi connectivity index (χ1) is 8.99. The molecule has 2 heterocycles. The Labute approximate surface area is 116 Å². The Hall–Kier alpha value is -1.74. The Morgan fingerprint density at radius 2 is 2.05 bits per heavy atom. The molecule has 5 nitrogen and oxygen atoms in total. The van der Waals surface area contributed by atoms with Crippen molar-refractivity contribution < 1.29 is 9.53 Å². The van der Waals surface area contributed by atoms with Crippen LogP contribution < -0.4 is 10.6 Å². The molecule has 6 heteroatoms. The van der Waals surface area contributed by atoms with E-state index in [-0.39, 0.29) is 5.69 Å². The molecule has 2 N–H and O–H groups in total. The van der Waals surface area contributed by atoms with Crippen molar-refractivity contribution in [2.75, 3.05) is 30.8 Å². The molecule has 0 aliphatic carbocycles. The lowest BCUT2D eigenvalue weighted by molar-refractivity contribution is 0.0603. The van der Waals surface area contributed by atoms with Gasteiger partial charge in [-0.05, 0) is 11.8 Å². The average molecular weight is 279 g/mol. The largest absolute Gasteiger partial charge is 0.465 e. The van der Waals surface area contributed by atoms with Gasteiger partial charge in [-0.25, -0.2) is 4.79 Å². The number of carbonyl (C=O) groups excluding carboxylic acids is 1. The number of nitriles is 1. The highest BCUT2D eigenvalue weighted by atomic mass is 32.1. The minimum atomic E-state index is -0.475. The van der Waals surface area contributed by atoms with Crippen LogP contribution in [-0.2, 0) is 4.74 Å². The molecule has 0 amide bonds. The Kier molecular flexibility index (Phi) is 3.67. The summed E-state index contributed by atoms with van der Waals surface area (Å²) in [5.41, 5.74) is 6.46. The quantitative estimate of drug-likeness (QED) is 0.838. The van der Waals surface area contributed by atoms with Gasteiger partial charge in [-0.1, -0.05) is 13.8 Å². The number of carbonyl (C=O) groups is 1. The van der Waals surface area contributed by atoms with Crippen LogP contribution in [0, 0.1) is 23.2 Å². The number of nitrogen functional groups attached to an aromatic ring is 1. The number of esters is 1. The molecule has 2 unspecified atom stereocenters. The van der Waals surface area contributed by atoms with Crippen LogP contribution in [0.1, 0.15) is 29.1 Å². The van der Waals surface area contributed by atoms with Gasteiger partial charge in [0.05, 0.1) is 12.8 Å². The van der Waals surface area contributed by atoms with E-state index in [2.05, 4.69) is 18.7 Å². The standard InChI is InChI=1S/C13H17N3O2S/c1-7-5-16(6-8(7)2)12-10(13(17)18-3)11(15)9(4-14)19-12/h7-8H,5-6,15H2,1-3H3. The molecule has 1 aliphatic heterocycles. The van der Waals surface area contributed by atoms with Crippen molar-refractivity contribution in [2.45, 2.75) is 13.8 Å². The van der Waals surface area contributed by atoms with E-state index >= 15 is 0 Å². The van der Waals surface area contributed by atoms with Crippen LogP contribution in [0.5, 0.6) is 0 Å². The number of nitrogens with zero attached hydrogens (tertiary/aromatic N) is 2. The van der Waals surface area contributed by atoms with Crippen molar-refractivity contribution in [2.24, 2.45) is 11.8 Å². The molecular formula is C13H17N3O2S. The van der Waals surface area contributed by atoms with Gasteiger partial charge < -0.3 is 15.4 Å². The van der Waals surface area contributed by atoms with Crippen molar-refractivity contribution in [1.82, 2.24) is 0 Å². The molecule has 19 heavy (non-hydrogen) atoms. The van der Waals surface area contributed by atoms with Crippen LogP contribution >= 0.6 is 11.3 Å². The van der Waals surface area contributed by atoms with E-state index in [9.17, 15) is 4.79 Å². The third-order valence-electron chi connectivity index (χ3n) is 3.69. The van der Waals surface area contributed by atoms with E-state index in [4.69, 9.17) is 15.7 Å². The second-order valence-electron chi connectivity index (χ2n) is 4.99. The highest BCUT2D eigenvalue weighted by Gasteiger charge is 2.32. The van der Waals surface area contributed by atoms with Gasteiger partial charge in [0, 0.05) is 13.1 Å². The van der Waals surface area contributed by atoms with Gasteiger partial charge in [0.25, 0.3) is 0 Å². The molecule has 1 aromatic heterocycles. The van der Waals surface area contributed by atoms with Crippen LogP contribution in [0.15, 0.2) is 0 Å². The molecular weight excluding hydrogens is 262 g/mol. The van der Waals surface area contributed by atoms with E-state index in [0.29, 0.717) is 22.3 Å². The summed E-state index contributed by atoms with van der Waals surface area (Å²) in [5.74, 6) is 0.635. The summed E-state index contributed by atoms with van der Waals surface area (Å²) in [7, 11) is 1.32. The maximum absolute atomic E-state index is 11.9. The van der Waals surface area contributed by atoms with Crippen LogP contribution in [-0.4, -0.2) is 26.2 Å². The Morgan fingerprint density at radius 1 is 1.47 bits per heavy atom. The second-order valence-corrected chi connectivity index (χ2v) is 5.99. The monoisotopic (exact) mass is 279 g/mol. The molecule has 2 rings (SSSR count). The van der Waals surface area contributed by atoms with E-state index in [0.717, 1.165) is 18.1 Å². The predicted octanol–water partition coefficient (Wildman–Crippen LogP) is 2.08.